The molecule has 1 saturated carbocycles. The van der Waals surface area contributed by atoms with Crippen LogP contribution in [0.15, 0.2) is 42.5 Å². The molecule has 1 aromatic rings. The quantitative estimate of drug-likeness (QED) is 0.0200. The van der Waals surface area contributed by atoms with Crippen molar-refractivity contribution in [2.75, 3.05) is 152 Å². The van der Waals surface area contributed by atoms with E-state index in [1.807, 2.05) is 0 Å². The molecule has 0 bridgehead atoms. The number of hydrogen-bond acceptors (Lipinski definition) is 18. The smallest absolute Gasteiger partial charge is 0.253 e. The van der Waals surface area contributed by atoms with Gasteiger partial charge in [-0.25, -0.2) is 0 Å². The topological polar surface area (TPSA) is 324 Å². The Morgan fingerprint density at radius 2 is 1.05 bits per heavy atom. The van der Waals surface area contributed by atoms with Gasteiger partial charge in [-0.3, -0.25) is 48.1 Å². The second-order valence-electron chi connectivity index (χ2n) is 17.1. The summed E-state index contributed by atoms with van der Waals surface area (Å²) in [5.41, 5.74) is 0.748. The standard InChI is InChI=1S/C50H78N8O18/c1-51-49(66)39-31-40(32-39)76-37-56-44(61)34-55-50(67)41(30-38-8-4-2-5-9-38)57-45(62)35-53-43(60)33-54-46(63)36-75-29-28-74-27-26-73-25-24-72-23-22-71-21-20-70-19-18-69-17-16-68-15-13-52-42(59)10-6-3-7-14-58-47(64)11-12-48(58)65/h2,4-5,8-9,11-12,39-41H,3,6-7,10,13-37H2,1H3,(H,51,66)(H,52,59)(H,53,60)(H,54,63)(H,55,67)(H,56,61)(H,57,62)/t39?,40?,41-/m0/s1. The molecule has 76 heavy (non-hydrogen) atoms. The molecule has 9 amide bonds. The highest BCUT2D eigenvalue weighted by Gasteiger charge is 2.34. The monoisotopic (exact) mass is 1080 g/mol. The van der Waals surface area contributed by atoms with Crippen molar-refractivity contribution < 1.29 is 85.8 Å². The van der Waals surface area contributed by atoms with Gasteiger partial charge >= 0.3 is 0 Å². The molecule has 2 aliphatic rings. The van der Waals surface area contributed by atoms with Crippen LogP contribution in [0, 0.1) is 5.92 Å². The number of nitrogens with zero attached hydrogens (tertiary/aromatic N) is 1. The van der Waals surface area contributed by atoms with E-state index in [0.29, 0.717) is 131 Å². The van der Waals surface area contributed by atoms with Crippen LogP contribution in [-0.4, -0.2) is 222 Å². The Morgan fingerprint density at radius 1 is 0.553 bits per heavy atom. The molecule has 3 rings (SSSR count). The van der Waals surface area contributed by atoms with Crippen molar-refractivity contribution in [3.8, 4) is 0 Å². The zero-order valence-corrected chi connectivity index (χ0v) is 43.6. The van der Waals surface area contributed by atoms with E-state index in [1.165, 1.54) is 17.1 Å². The Kier molecular flexibility index (Phi) is 34.9. The van der Waals surface area contributed by atoms with E-state index in [-0.39, 0.29) is 75.2 Å². The number of carbonyl (C=O) groups excluding carboxylic acids is 9. The van der Waals surface area contributed by atoms with Crippen LogP contribution in [0.4, 0.5) is 0 Å². The highest BCUT2D eigenvalue weighted by molar-refractivity contribution is 6.12. The summed E-state index contributed by atoms with van der Waals surface area (Å²) in [6, 6.07) is 7.85. The normalized spacial score (nSPS) is 15.1. The molecule has 0 saturated heterocycles. The molecule has 426 valence electrons. The van der Waals surface area contributed by atoms with Crippen molar-refractivity contribution in [3.63, 3.8) is 0 Å². The Hall–Kier alpha value is -5.97. The molecule has 1 aliphatic carbocycles. The zero-order valence-electron chi connectivity index (χ0n) is 43.6. The molecular weight excluding hydrogens is 1000 g/mol. The number of hydrogen-bond donors (Lipinski definition) is 7. The summed E-state index contributed by atoms with van der Waals surface area (Å²) < 4.78 is 49.1. The second kappa shape index (κ2) is 41.2. The lowest BCUT2D eigenvalue weighted by Crippen LogP contribution is -2.52. The molecule has 1 heterocycles. The lowest BCUT2D eigenvalue weighted by atomic mass is 9.82. The first-order chi connectivity index (χ1) is 36.9. The molecule has 26 nitrogen and oxygen atoms in total. The summed E-state index contributed by atoms with van der Waals surface area (Å²) in [7, 11) is 1.57. The van der Waals surface area contributed by atoms with Crippen LogP contribution >= 0.6 is 0 Å². The molecule has 26 heteroatoms. The van der Waals surface area contributed by atoms with E-state index in [2.05, 4.69) is 37.2 Å². The molecule has 1 fully saturated rings. The fourth-order valence-corrected chi connectivity index (χ4v) is 6.93. The Bertz CT molecular complexity index is 1910. The highest BCUT2D eigenvalue weighted by atomic mass is 16.6. The van der Waals surface area contributed by atoms with Crippen molar-refractivity contribution in [2.24, 2.45) is 5.92 Å². The maximum Gasteiger partial charge on any atom is 0.253 e. The molecular formula is C50H78N8O18. The van der Waals surface area contributed by atoms with Gasteiger partial charge in [-0.15, -0.1) is 0 Å². The van der Waals surface area contributed by atoms with Crippen LogP contribution in [0.5, 0.6) is 0 Å². The Balaban J connectivity index is 1.03. The summed E-state index contributed by atoms with van der Waals surface area (Å²) in [6.07, 6.45) is 6.07. The first-order valence-corrected chi connectivity index (χ1v) is 25.6. The second-order valence-corrected chi connectivity index (χ2v) is 17.1. The van der Waals surface area contributed by atoms with Gasteiger partial charge in [0.1, 0.15) is 19.4 Å². The third kappa shape index (κ3) is 31.2. The van der Waals surface area contributed by atoms with E-state index in [1.54, 1.807) is 37.4 Å². The van der Waals surface area contributed by atoms with E-state index < -0.39 is 48.7 Å². The van der Waals surface area contributed by atoms with E-state index >= 15 is 0 Å². The number of ether oxygens (including phenoxy) is 9. The third-order valence-electron chi connectivity index (χ3n) is 11.1. The molecule has 1 aliphatic heterocycles. The minimum atomic E-state index is -1.07. The SMILES string of the molecule is CNC(=O)C1CC(OCNC(=O)CNC(=O)[C@H](Cc2ccccc2)NC(=O)CNC(=O)CNC(=O)COCCOCCOCCOCCOCCOCCOCCOCCNC(=O)CCCCCN2C(=O)C=CC2=O)C1. The van der Waals surface area contributed by atoms with Gasteiger partial charge in [-0.05, 0) is 31.2 Å². The van der Waals surface area contributed by atoms with Gasteiger partial charge in [0.2, 0.25) is 41.4 Å². The number of imide groups is 1. The highest BCUT2D eigenvalue weighted by Crippen LogP contribution is 2.29. The Morgan fingerprint density at radius 3 is 1.62 bits per heavy atom. The summed E-state index contributed by atoms with van der Waals surface area (Å²) in [4.78, 5) is 110. The minimum Gasteiger partial charge on any atom is -0.377 e. The van der Waals surface area contributed by atoms with Crippen LogP contribution < -0.4 is 37.2 Å². The molecule has 0 radical (unpaired) electrons. The lowest BCUT2D eigenvalue weighted by molar-refractivity contribution is -0.137. The average Bonchev–Trinajstić information content (AvgIpc) is 3.72. The van der Waals surface area contributed by atoms with Crippen molar-refractivity contribution in [1.29, 1.82) is 0 Å². The van der Waals surface area contributed by atoms with Gasteiger partial charge in [-0.2, -0.15) is 0 Å². The molecule has 0 aromatic heterocycles. The largest absolute Gasteiger partial charge is 0.377 e. The Labute approximate surface area is 443 Å². The van der Waals surface area contributed by atoms with Crippen molar-refractivity contribution in [3.05, 3.63) is 48.0 Å². The fraction of sp³-hybridized carbons (Fsp3) is 0.660. The number of unbranched alkanes of at least 4 members (excludes halogenated alkanes) is 2. The van der Waals surface area contributed by atoms with Crippen molar-refractivity contribution in [1.82, 2.24) is 42.1 Å². The predicted molar refractivity (Wildman–Crippen MR) is 270 cm³/mol. The fourth-order valence-electron chi connectivity index (χ4n) is 6.93. The van der Waals surface area contributed by atoms with Crippen LogP contribution in [-0.2, 0) is 92.2 Å². The number of amides is 9. The van der Waals surface area contributed by atoms with Crippen molar-refractivity contribution >= 4 is 53.2 Å². The first-order valence-electron chi connectivity index (χ1n) is 25.6. The van der Waals surface area contributed by atoms with Crippen LogP contribution in [0.2, 0.25) is 0 Å². The molecule has 0 unspecified atom stereocenters. The van der Waals surface area contributed by atoms with E-state index in [4.69, 9.17) is 42.6 Å². The van der Waals surface area contributed by atoms with Gasteiger partial charge in [0.15, 0.2) is 0 Å². The summed E-state index contributed by atoms with van der Waals surface area (Å²) >= 11 is 0. The predicted octanol–water partition coefficient (Wildman–Crippen LogP) is -2.59. The maximum absolute atomic E-state index is 13.0. The van der Waals surface area contributed by atoms with E-state index in [0.717, 1.165) is 12.0 Å². The minimum absolute atomic E-state index is 0.0499. The van der Waals surface area contributed by atoms with Gasteiger partial charge in [0, 0.05) is 51.0 Å². The number of benzene rings is 1. The number of carbonyl (C=O) groups is 9. The average molecular weight is 1080 g/mol. The van der Waals surface area contributed by atoms with Gasteiger partial charge in [0.25, 0.3) is 11.8 Å². The maximum atomic E-state index is 13.0. The molecule has 7 N–H and O–H groups in total. The number of rotatable bonds is 46. The molecule has 1 atom stereocenters. The third-order valence-corrected chi connectivity index (χ3v) is 11.1. The first kappa shape index (κ1) is 64.3. The van der Waals surface area contributed by atoms with Gasteiger partial charge in [0.05, 0.1) is 125 Å². The zero-order chi connectivity index (χ0) is 54.9. The lowest BCUT2D eigenvalue weighted by Gasteiger charge is -2.33. The van der Waals surface area contributed by atoms with Crippen LogP contribution in [0.1, 0.15) is 44.1 Å². The van der Waals surface area contributed by atoms with Gasteiger partial charge < -0.3 is 79.8 Å². The molecule has 0 spiro atoms. The van der Waals surface area contributed by atoms with Crippen LogP contribution in [0.3, 0.4) is 0 Å². The van der Waals surface area contributed by atoms with Crippen molar-refractivity contribution in [2.45, 2.75) is 57.1 Å². The summed E-state index contributed by atoms with van der Waals surface area (Å²) in [5, 5.41) is 17.8. The van der Waals surface area contributed by atoms with Crippen LogP contribution in [0.25, 0.3) is 0 Å². The van der Waals surface area contributed by atoms with E-state index in [9.17, 15) is 43.2 Å². The summed E-state index contributed by atoms with van der Waals surface area (Å²) in [5.74, 6) is -3.79. The number of nitrogens with one attached hydrogen (secondary N) is 7. The molecule has 1 aromatic carbocycles. The van der Waals surface area contributed by atoms with Gasteiger partial charge in [-0.1, -0.05) is 36.8 Å². The summed E-state index contributed by atoms with van der Waals surface area (Å²) in [6.45, 7) is 4.47.